The third kappa shape index (κ3) is 3.03. The van der Waals surface area contributed by atoms with Crippen LogP contribution in [0.4, 0.5) is 0 Å². The largest absolute Gasteiger partial charge is 0.441 e. The van der Waals surface area contributed by atoms with Gasteiger partial charge in [-0.05, 0) is 17.7 Å². The van der Waals surface area contributed by atoms with Gasteiger partial charge in [-0.25, -0.2) is 4.98 Å². The Morgan fingerprint density at radius 1 is 1.53 bits per heavy atom. The summed E-state index contributed by atoms with van der Waals surface area (Å²) in [7, 11) is 0. The van der Waals surface area contributed by atoms with Crippen molar-refractivity contribution in [3.8, 4) is 0 Å². The van der Waals surface area contributed by atoms with Crippen molar-refractivity contribution in [2.45, 2.75) is 19.6 Å². The number of benzene rings is 1. The summed E-state index contributed by atoms with van der Waals surface area (Å²) < 4.78 is 5.45. The number of aryl methyl sites for hydroxylation is 1. The molecule has 4 N–H and O–H groups in total. The molecular weight excluding hydrogens is 218 g/mol. The van der Waals surface area contributed by atoms with Crippen molar-refractivity contribution < 1.29 is 9.52 Å². The molecule has 0 aliphatic heterocycles. The van der Waals surface area contributed by atoms with Crippen LogP contribution in [0.2, 0.25) is 0 Å². The summed E-state index contributed by atoms with van der Waals surface area (Å²) in [6.45, 7) is 3.26. The molecule has 0 spiro atoms. The highest BCUT2D eigenvalue weighted by atomic mass is 16.3. The molecule has 0 saturated carbocycles. The van der Waals surface area contributed by atoms with Gasteiger partial charge in [0, 0.05) is 26.6 Å². The molecule has 0 aliphatic carbocycles. The van der Waals surface area contributed by atoms with E-state index in [0.717, 1.165) is 16.7 Å². The zero-order chi connectivity index (χ0) is 12.3. The first-order chi connectivity index (χ1) is 8.19. The molecule has 92 valence electrons. The quantitative estimate of drug-likeness (QED) is 0.704. The lowest BCUT2D eigenvalue weighted by molar-refractivity contribution is 0.179. The summed E-state index contributed by atoms with van der Waals surface area (Å²) in [6, 6.07) is 5.88. The van der Waals surface area contributed by atoms with Gasteiger partial charge in [-0.3, -0.25) is 0 Å². The van der Waals surface area contributed by atoms with E-state index >= 15 is 0 Å². The van der Waals surface area contributed by atoms with Crippen molar-refractivity contribution in [2.24, 2.45) is 5.73 Å². The summed E-state index contributed by atoms with van der Waals surface area (Å²) in [6.07, 6.45) is -0.494. The van der Waals surface area contributed by atoms with Gasteiger partial charge >= 0.3 is 0 Å². The normalized spacial score (nSPS) is 13.1. The van der Waals surface area contributed by atoms with Crippen molar-refractivity contribution in [2.75, 3.05) is 13.1 Å². The number of nitrogens with zero attached hydrogens (tertiary/aromatic N) is 1. The Kier molecular flexibility index (Phi) is 3.73. The van der Waals surface area contributed by atoms with Gasteiger partial charge in [-0.15, -0.1) is 0 Å². The second-order valence-electron chi connectivity index (χ2n) is 4.06. The fourth-order valence-electron chi connectivity index (χ4n) is 1.66. The second kappa shape index (κ2) is 5.27. The van der Waals surface area contributed by atoms with Crippen molar-refractivity contribution in [3.63, 3.8) is 0 Å². The Labute approximate surface area is 99.6 Å². The minimum absolute atomic E-state index is 0.271. The van der Waals surface area contributed by atoms with Gasteiger partial charge in [0.2, 0.25) is 0 Å². The molecule has 1 atom stereocenters. The average Bonchev–Trinajstić information content (AvgIpc) is 2.68. The highest BCUT2D eigenvalue weighted by molar-refractivity contribution is 5.73. The number of oxazole rings is 1. The van der Waals surface area contributed by atoms with Crippen LogP contribution in [0, 0.1) is 6.92 Å². The molecule has 17 heavy (non-hydrogen) atoms. The van der Waals surface area contributed by atoms with Crippen LogP contribution in [0.5, 0.6) is 0 Å². The molecule has 1 aromatic heterocycles. The molecule has 2 rings (SSSR count). The number of nitrogens with one attached hydrogen (secondary N) is 1. The highest BCUT2D eigenvalue weighted by Crippen LogP contribution is 2.16. The number of aliphatic hydroxyl groups excluding tert-OH is 1. The lowest BCUT2D eigenvalue weighted by Gasteiger charge is -2.08. The van der Waals surface area contributed by atoms with E-state index in [1.165, 1.54) is 0 Å². The fraction of sp³-hybridized carbons (Fsp3) is 0.417. The molecule has 0 fully saturated rings. The van der Waals surface area contributed by atoms with Crippen molar-refractivity contribution in [3.05, 3.63) is 29.7 Å². The number of rotatable bonds is 5. The molecule has 1 aromatic carbocycles. The Hall–Kier alpha value is -1.43. The Bertz CT molecular complexity index is 495. The van der Waals surface area contributed by atoms with Gasteiger partial charge in [0.05, 0.1) is 6.10 Å². The van der Waals surface area contributed by atoms with Crippen LogP contribution in [0.3, 0.4) is 0 Å². The third-order valence-electron chi connectivity index (χ3n) is 2.54. The third-order valence-corrected chi connectivity index (χ3v) is 2.54. The molecule has 0 aliphatic rings. The molecule has 5 heteroatoms. The number of aromatic nitrogens is 1. The molecule has 0 saturated heterocycles. The van der Waals surface area contributed by atoms with Crippen molar-refractivity contribution in [1.82, 2.24) is 10.3 Å². The first kappa shape index (κ1) is 12.0. The van der Waals surface area contributed by atoms with Crippen LogP contribution in [-0.2, 0) is 6.54 Å². The number of fused-ring (bicyclic) bond motifs is 1. The maximum atomic E-state index is 9.30. The van der Waals surface area contributed by atoms with Crippen LogP contribution >= 0.6 is 0 Å². The van der Waals surface area contributed by atoms with E-state index in [1.54, 1.807) is 0 Å². The lowest BCUT2D eigenvalue weighted by atomic mass is 10.2. The van der Waals surface area contributed by atoms with Crippen LogP contribution in [0.1, 0.15) is 11.5 Å². The number of nitrogens with two attached hydrogens (primary N) is 1. The van der Waals surface area contributed by atoms with Crippen LogP contribution < -0.4 is 11.1 Å². The molecule has 0 amide bonds. The van der Waals surface area contributed by atoms with Crippen LogP contribution in [-0.4, -0.2) is 29.3 Å². The zero-order valence-electron chi connectivity index (χ0n) is 9.81. The summed E-state index contributed by atoms with van der Waals surface area (Å²) in [5.41, 5.74) is 8.07. The zero-order valence-corrected chi connectivity index (χ0v) is 9.81. The maximum Gasteiger partial charge on any atom is 0.192 e. The average molecular weight is 235 g/mol. The fourth-order valence-corrected chi connectivity index (χ4v) is 1.66. The van der Waals surface area contributed by atoms with Crippen molar-refractivity contribution in [1.29, 1.82) is 0 Å². The minimum Gasteiger partial charge on any atom is -0.441 e. The van der Waals surface area contributed by atoms with Crippen molar-refractivity contribution >= 4 is 11.1 Å². The first-order valence-electron chi connectivity index (χ1n) is 5.64. The van der Waals surface area contributed by atoms with E-state index in [0.29, 0.717) is 19.0 Å². The van der Waals surface area contributed by atoms with Gasteiger partial charge in [0.1, 0.15) is 5.52 Å². The molecule has 1 unspecified atom stereocenters. The van der Waals surface area contributed by atoms with Crippen LogP contribution in [0.15, 0.2) is 22.6 Å². The van der Waals surface area contributed by atoms with Crippen LogP contribution in [0.25, 0.3) is 11.1 Å². The predicted molar refractivity (Wildman–Crippen MR) is 65.5 cm³/mol. The summed E-state index contributed by atoms with van der Waals surface area (Å²) in [4.78, 5) is 4.23. The van der Waals surface area contributed by atoms with Gasteiger partial charge in [0.15, 0.2) is 11.5 Å². The van der Waals surface area contributed by atoms with E-state index in [9.17, 15) is 5.11 Å². The van der Waals surface area contributed by atoms with Gasteiger partial charge in [-0.1, -0.05) is 6.07 Å². The highest BCUT2D eigenvalue weighted by Gasteiger charge is 2.04. The minimum atomic E-state index is -0.494. The topological polar surface area (TPSA) is 84.3 Å². The Morgan fingerprint density at radius 2 is 2.35 bits per heavy atom. The molecule has 0 radical (unpaired) electrons. The van der Waals surface area contributed by atoms with Gasteiger partial charge in [0.25, 0.3) is 0 Å². The predicted octanol–water partition coefficient (Wildman–Crippen LogP) is 0.545. The molecule has 5 nitrogen and oxygen atoms in total. The van der Waals surface area contributed by atoms with E-state index in [4.69, 9.17) is 10.2 Å². The van der Waals surface area contributed by atoms with E-state index in [-0.39, 0.29) is 6.54 Å². The van der Waals surface area contributed by atoms with E-state index < -0.39 is 6.10 Å². The molecule has 2 aromatic rings. The van der Waals surface area contributed by atoms with E-state index in [2.05, 4.69) is 10.3 Å². The molecule has 1 heterocycles. The number of hydrogen-bond donors (Lipinski definition) is 3. The van der Waals surface area contributed by atoms with Gasteiger partial charge < -0.3 is 20.6 Å². The number of hydrogen-bond acceptors (Lipinski definition) is 5. The summed E-state index contributed by atoms with van der Waals surface area (Å²) >= 11 is 0. The first-order valence-corrected chi connectivity index (χ1v) is 5.64. The van der Waals surface area contributed by atoms with Gasteiger partial charge in [-0.2, -0.15) is 0 Å². The Morgan fingerprint density at radius 3 is 3.12 bits per heavy atom. The number of aliphatic hydroxyl groups is 1. The molecule has 0 bridgehead atoms. The maximum absolute atomic E-state index is 9.30. The second-order valence-corrected chi connectivity index (χ2v) is 4.06. The standard InChI is InChI=1S/C12H17N3O2/c1-8-15-11-3-2-9(4-12(11)17-8)6-14-7-10(16)5-13/h2-4,10,14,16H,5-7,13H2,1H3. The Balaban J connectivity index is 1.99. The lowest BCUT2D eigenvalue weighted by Crippen LogP contribution is -2.32. The molecular formula is C12H17N3O2. The summed E-state index contributed by atoms with van der Waals surface area (Å²) in [5, 5.41) is 12.4. The smallest absolute Gasteiger partial charge is 0.192 e. The monoisotopic (exact) mass is 235 g/mol. The summed E-state index contributed by atoms with van der Waals surface area (Å²) in [5.74, 6) is 0.670. The van der Waals surface area contributed by atoms with E-state index in [1.807, 2.05) is 25.1 Å². The SMILES string of the molecule is Cc1nc2ccc(CNCC(O)CN)cc2o1.